The fraction of sp³-hybridized carbons (Fsp3) is 0. The van der Waals surface area contributed by atoms with Crippen LogP contribution in [0.3, 0.4) is 0 Å². The molecule has 0 saturated carbocycles. The summed E-state index contributed by atoms with van der Waals surface area (Å²) < 4.78 is 0. The highest BCUT2D eigenvalue weighted by Gasteiger charge is 2.16. The lowest BCUT2D eigenvalue weighted by Crippen LogP contribution is -2.12. The first-order valence-corrected chi connectivity index (χ1v) is 7.51. The minimum Gasteiger partial charge on any atom is -0.322 e. The summed E-state index contributed by atoms with van der Waals surface area (Å²) in [7, 11) is 0. The maximum absolute atomic E-state index is 12.5. The van der Waals surface area contributed by atoms with Gasteiger partial charge in [-0.2, -0.15) is 10.2 Å². The Balaban J connectivity index is 1.64. The van der Waals surface area contributed by atoms with Crippen molar-refractivity contribution < 1.29 is 4.79 Å². The Bertz CT molecular complexity index is 938. The molecule has 0 spiro atoms. The van der Waals surface area contributed by atoms with Crippen molar-refractivity contribution in [2.45, 2.75) is 0 Å². The summed E-state index contributed by atoms with van der Waals surface area (Å²) in [6, 6.07) is 9.49. The summed E-state index contributed by atoms with van der Waals surface area (Å²) in [4.78, 5) is 13.5. The van der Waals surface area contributed by atoms with Crippen molar-refractivity contribution in [1.82, 2.24) is 20.4 Å². The Morgan fingerprint density at radius 2 is 2.05 bits per heavy atom. The van der Waals surface area contributed by atoms with Crippen LogP contribution in [0.4, 0.5) is 5.69 Å². The van der Waals surface area contributed by atoms with Gasteiger partial charge in [-0.3, -0.25) is 15.0 Å². The van der Waals surface area contributed by atoms with E-state index in [9.17, 15) is 4.79 Å². The van der Waals surface area contributed by atoms with Crippen LogP contribution in [-0.2, 0) is 0 Å². The third-order valence-electron chi connectivity index (χ3n) is 3.35. The lowest BCUT2D eigenvalue weighted by atomic mass is 10.2. The summed E-state index contributed by atoms with van der Waals surface area (Å²) in [5, 5.41) is 19.5. The SMILES string of the molecule is O=C(Nc1ccc2[nH]ncc2c1)c1cn[nH]c1-c1cccs1. The van der Waals surface area contributed by atoms with Crippen molar-refractivity contribution in [3.63, 3.8) is 0 Å². The van der Waals surface area contributed by atoms with Crippen LogP contribution in [0.5, 0.6) is 0 Å². The van der Waals surface area contributed by atoms with Crippen LogP contribution >= 0.6 is 11.3 Å². The first kappa shape index (κ1) is 12.8. The van der Waals surface area contributed by atoms with Gasteiger partial charge in [0, 0.05) is 11.1 Å². The smallest absolute Gasteiger partial charge is 0.259 e. The van der Waals surface area contributed by atoms with Crippen molar-refractivity contribution in [3.05, 3.63) is 53.7 Å². The molecule has 0 radical (unpaired) electrons. The average Bonchev–Trinajstić information content (AvgIpc) is 3.26. The van der Waals surface area contributed by atoms with Crippen LogP contribution < -0.4 is 5.32 Å². The molecule has 3 aromatic heterocycles. The second kappa shape index (κ2) is 5.12. The molecule has 1 aromatic carbocycles. The molecule has 0 fully saturated rings. The Kier molecular flexibility index (Phi) is 2.97. The lowest BCUT2D eigenvalue weighted by Gasteiger charge is -2.05. The molecule has 0 saturated heterocycles. The summed E-state index contributed by atoms with van der Waals surface area (Å²) in [6.45, 7) is 0. The molecule has 22 heavy (non-hydrogen) atoms. The number of carbonyl (C=O) groups excluding carboxylic acids is 1. The van der Waals surface area contributed by atoms with Gasteiger partial charge in [0.2, 0.25) is 0 Å². The zero-order valence-corrected chi connectivity index (χ0v) is 12.1. The number of thiophene rings is 1. The maximum Gasteiger partial charge on any atom is 0.259 e. The van der Waals surface area contributed by atoms with Crippen molar-refractivity contribution in [1.29, 1.82) is 0 Å². The normalized spacial score (nSPS) is 10.9. The summed E-state index contributed by atoms with van der Waals surface area (Å²) in [6.07, 6.45) is 3.26. The Morgan fingerprint density at radius 1 is 1.14 bits per heavy atom. The molecule has 7 heteroatoms. The number of amides is 1. The quantitative estimate of drug-likeness (QED) is 0.543. The van der Waals surface area contributed by atoms with E-state index >= 15 is 0 Å². The van der Waals surface area contributed by atoms with Gasteiger partial charge in [0.1, 0.15) is 0 Å². The molecule has 0 aliphatic rings. The van der Waals surface area contributed by atoms with Gasteiger partial charge in [-0.15, -0.1) is 11.3 Å². The monoisotopic (exact) mass is 309 g/mol. The largest absolute Gasteiger partial charge is 0.322 e. The molecule has 0 atom stereocenters. The highest BCUT2D eigenvalue weighted by Crippen LogP contribution is 2.26. The fourth-order valence-corrected chi connectivity index (χ4v) is 3.02. The highest BCUT2D eigenvalue weighted by atomic mass is 32.1. The van der Waals surface area contributed by atoms with Crippen LogP contribution in [0.15, 0.2) is 48.1 Å². The molecule has 108 valence electrons. The van der Waals surface area contributed by atoms with E-state index in [1.165, 1.54) is 0 Å². The first-order chi connectivity index (χ1) is 10.8. The van der Waals surface area contributed by atoms with Crippen LogP contribution in [0.25, 0.3) is 21.5 Å². The molecule has 3 heterocycles. The number of carbonyl (C=O) groups is 1. The number of fused-ring (bicyclic) bond motifs is 1. The zero-order valence-electron chi connectivity index (χ0n) is 11.3. The molecule has 6 nitrogen and oxygen atoms in total. The van der Waals surface area contributed by atoms with Gasteiger partial charge in [-0.05, 0) is 29.6 Å². The van der Waals surface area contributed by atoms with Gasteiger partial charge in [0.05, 0.1) is 34.0 Å². The van der Waals surface area contributed by atoms with E-state index in [0.717, 1.165) is 27.2 Å². The predicted molar refractivity (Wildman–Crippen MR) is 85.9 cm³/mol. The number of nitrogens with one attached hydrogen (secondary N) is 3. The molecule has 3 N–H and O–H groups in total. The Morgan fingerprint density at radius 3 is 2.91 bits per heavy atom. The molecule has 4 aromatic rings. The molecule has 0 aliphatic carbocycles. The highest BCUT2D eigenvalue weighted by molar-refractivity contribution is 7.13. The van der Waals surface area contributed by atoms with E-state index in [1.807, 2.05) is 35.7 Å². The average molecular weight is 309 g/mol. The van der Waals surface area contributed by atoms with Crippen LogP contribution in [-0.4, -0.2) is 26.3 Å². The van der Waals surface area contributed by atoms with Crippen molar-refractivity contribution in [2.75, 3.05) is 5.32 Å². The molecule has 0 aliphatic heterocycles. The third-order valence-corrected chi connectivity index (χ3v) is 4.24. The number of hydrogen-bond donors (Lipinski definition) is 3. The second-order valence-corrected chi connectivity index (χ2v) is 5.71. The number of H-pyrrole nitrogens is 2. The summed E-state index contributed by atoms with van der Waals surface area (Å²) in [5.74, 6) is -0.194. The van der Waals surface area contributed by atoms with E-state index in [-0.39, 0.29) is 5.91 Å². The maximum atomic E-state index is 12.5. The second-order valence-electron chi connectivity index (χ2n) is 4.76. The number of benzene rings is 1. The van der Waals surface area contributed by atoms with Crippen LogP contribution in [0.1, 0.15) is 10.4 Å². The van der Waals surface area contributed by atoms with Crippen molar-refractivity contribution in [2.24, 2.45) is 0 Å². The minimum atomic E-state index is -0.194. The van der Waals surface area contributed by atoms with E-state index in [4.69, 9.17) is 0 Å². The lowest BCUT2D eigenvalue weighted by molar-refractivity contribution is 0.102. The topological polar surface area (TPSA) is 86.5 Å². The summed E-state index contributed by atoms with van der Waals surface area (Å²) >= 11 is 1.56. The number of aromatic nitrogens is 4. The van der Waals surface area contributed by atoms with E-state index in [0.29, 0.717) is 5.56 Å². The molecule has 1 amide bonds. The van der Waals surface area contributed by atoms with Gasteiger partial charge in [0.25, 0.3) is 5.91 Å². The van der Waals surface area contributed by atoms with Gasteiger partial charge in [-0.1, -0.05) is 6.07 Å². The van der Waals surface area contributed by atoms with E-state index < -0.39 is 0 Å². The summed E-state index contributed by atoms with van der Waals surface area (Å²) in [5.41, 5.74) is 2.91. The van der Waals surface area contributed by atoms with Gasteiger partial charge in [0.15, 0.2) is 0 Å². The minimum absolute atomic E-state index is 0.194. The van der Waals surface area contributed by atoms with Crippen LogP contribution in [0, 0.1) is 0 Å². The standard InChI is InChI=1S/C15H11N5OS/c21-15(11-8-17-20-14(11)13-2-1-5-22-13)18-10-3-4-12-9(6-10)7-16-19-12/h1-8H,(H,16,19)(H,17,20)(H,18,21). The van der Waals surface area contributed by atoms with Crippen molar-refractivity contribution in [3.8, 4) is 10.6 Å². The number of hydrogen-bond acceptors (Lipinski definition) is 4. The van der Waals surface area contributed by atoms with Crippen LogP contribution in [0.2, 0.25) is 0 Å². The molecule has 0 bridgehead atoms. The number of rotatable bonds is 3. The van der Waals surface area contributed by atoms with Gasteiger partial charge < -0.3 is 5.32 Å². The van der Waals surface area contributed by atoms with E-state index in [2.05, 4.69) is 25.7 Å². The van der Waals surface area contributed by atoms with E-state index in [1.54, 1.807) is 23.7 Å². The Labute approximate surface area is 129 Å². The first-order valence-electron chi connectivity index (χ1n) is 6.63. The molecule has 0 unspecified atom stereocenters. The molecular formula is C15H11N5OS. The number of aromatic amines is 2. The predicted octanol–water partition coefficient (Wildman–Crippen LogP) is 3.27. The molecule has 4 rings (SSSR count). The Hall–Kier alpha value is -2.93. The van der Waals surface area contributed by atoms with Gasteiger partial charge in [-0.25, -0.2) is 0 Å². The number of nitrogens with zero attached hydrogens (tertiary/aromatic N) is 2. The fourth-order valence-electron chi connectivity index (χ4n) is 2.29. The molecular weight excluding hydrogens is 298 g/mol. The van der Waals surface area contributed by atoms with Crippen molar-refractivity contribution >= 4 is 33.8 Å². The third kappa shape index (κ3) is 2.17. The zero-order chi connectivity index (χ0) is 14.9. The number of anilines is 1. The van der Waals surface area contributed by atoms with Gasteiger partial charge >= 0.3 is 0 Å².